The summed E-state index contributed by atoms with van der Waals surface area (Å²) in [6.07, 6.45) is 33.8. The zero-order valence-electron chi connectivity index (χ0n) is 38.4. The van der Waals surface area contributed by atoms with E-state index in [4.69, 9.17) is 9.47 Å². The minimum absolute atomic E-state index is 0. The van der Waals surface area contributed by atoms with Crippen molar-refractivity contribution in [2.75, 3.05) is 0 Å². The van der Waals surface area contributed by atoms with Crippen molar-refractivity contribution < 1.29 is 35.4 Å². The second-order valence-corrected chi connectivity index (χ2v) is 19.3. The Labute approximate surface area is 411 Å². The summed E-state index contributed by atoms with van der Waals surface area (Å²) >= 11 is 0. The van der Waals surface area contributed by atoms with Crippen LogP contribution in [-0.4, -0.2) is 63.7 Å². The Morgan fingerprint density at radius 1 is 0.381 bits per heavy atom. The van der Waals surface area contributed by atoms with E-state index in [1.807, 2.05) is 24.3 Å². The molecule has 8 nitrogen and oxygen atoms in total. The van der Waals surface area contributed by atoms with E-state index >= 15 is 0 Å². The topological polar surface area (TPSA) is 133 Å². The van der Waals surface area contributed by atoms with Gasteiger partial charge in [-0.1, -0.05) is 204 Å². The zero-order valence-corrected chi connectivity index (χ0v) is 42.3. The van der Waals surface area contributed by atoms with Gasteiger partial charge in [0.15, 0.2) is 0 Å². The smallest absolute Gasteiger partial charge is 0.744 e. The number of rotatable bonds is 32. The van der Waals surface area contributed by atoms with Crippen LogP contribution in [0.5, 0.6) is 23.0 Å². The van der Waals surface area contributed by atoms with E-state index in [-0.39, 0.29) is 59.0 Å². The molecule has 0 saturated heterocycles. The summed E-state index contributed by atoms with van der Waals surface area (Å²) < 4.78 is 79.9. The summed E-state index contributed by atoms with van der Waals surface area (Å²) in [5.74, 6) is 1.24. The molecule has 11 heteroatoms. The molecular formula is C52H74CaO8S2. The molecule has 0 aromatic heterocycles. The molecule has 0 N–H and O–H groups in total. The van der Waals surface area contributed by atoms with Gasteiger partial charge in [0.2, 0.25) is 0 Å². The van der Waals surface area contributed by atoms with Gasteiger partial charge in [0.1, 0.15) is 43.2 Å². The fraction of sp³-hybridized carbons (Fsp3) is 0.538. The molecule has 0 spiro atoms. The van der Waals surface area contributed by atoms with Gasteiger partial charge in [0, 0.05) is 0 Å². The van der Waals surface area contributed by atoms with Crippen molar-refractivity contribution in [2.24, 2.45) is 0 Å². The Kier molecular flexibility index (Phi) is 30.6. The first-order valence-electron chi connectivity index (χ1n) is 23.6. The summed E-state index contributed by atoms with van der Waals surface area (Å²) in [6, 6.07) is 27.2. The second-order valence-electron chi connectivity index (χ2n) is 16.6. The Morgan fingerprint density at radius 2 is 0.667 bits per heavy atom. The molecule has 4 aromatic rings. The van der Waals surface area contributed by atoms with E-state index in [0.29, 0.717) is 11.5 Å². The van der Waals surface area contributed by atoms with Crippen LogP contribution >= 0.6 is 0 Å². The molecule has 0 unspecified atom stereocenters. The van der Waals surface area contributed by atoms with Gasteiger partial charge in [-0.2, -0.15) is 0 Å². The molecule has 0 aliphatic carbocycles. The van der Waals surface area contributed by atoms with Gasteiger partial charge < -0.3 is 18.6 Å². The van der Waals surface area contributed by atoms with Crippen molar-refractivity contribution in [2.45, 2.75) is 191 Å². The molecule has 0 atom stereocenters. The van der Waals surface area contributed by atoms with Crippen molar-refractivity contribution in [1.82, 2.24) is 0 Å². The maximum Gasteiger partial charge on any atom is 2.00 e. The van der Waals surface area contributed by atoms with E-state index in [1.165, 1.54) is 178 Å². The molecular weight excluding hydrogens is 857 g/mol. The summed E-state index contributed by atoms with van der Waals surface area (Å²) in [7, 11) is -9.15. The Bertz CT molecular complexity index is 1870. The minimum Gasteiger partial charge on any atom is -0.744 e. The van der Waals surface area contributed by atoms with Gasteiger partial charge >= 0.3 is 37.7 Å². The molecule has 0 fully saturated rings. The number of hydrogen-bond donors (Lipinski definition) is 0. The Morgan fingerprint density at radius 3 is 0.968 bits per heavy atom. The standard InChI is InChI=1S/2C26H38O4S.Ca/c2*1-2-3-4-5-6-7-8-9-10-11-12-13-17-23-18-16-19-24(22-23)30-25-20-14-15-21-26(25)31(27,28)29;/h2*14-16,18-22H,2-13,17H2,1H3,(H,27,28,29);/q;;+2/p-2. The molecule has 0 radical (unpaired) electrons. The molecule has 0 bridgehead atoms. The van der Waals surface area contributed by atoms with Crippen LogP contribution in [0.25, 0.3) is 0 Å². The van der Waals surface area contributed by atoms with E-state index in [9.17, 15) is 25.9 Å². The van der Waals surface area contributed by atoms with Gasteiger partial charge in [-0.15, -0.1) is 0 Å². The zero-order chi connectivity index (χ0) is 44.7. The van der Waals surface area contributed by atoms with Crippen LogP contribution in [0.3, 0.4) is 0 Å². The second kappa shape index (κ2) is 34.0. The maximum absolute atomic E-state index is 11.4. The SMILES string of the molecule is CCCCCCCCCCCCCCc1cccc(Oc2ccccc2S(=O)(=O)[O-])c1.CCCCCCCCCCCCCCc1cccc(Oc2ccccc2S(=O)(=O)[O-])c1.[Ca+2]. The van der Waals surface area contributed by atoms with E-state index < -0.39 is 20.2 Å². The molecule has 0 aliphatic rings. The van der Waals surface area contributed by atoms with Crippen molar-refractivity contribution >= 4 is 58.0 Å². The van der Waals surface area contributed by atoms with E-state index in [0.717, 1.165) is 36.8 Å². The van der Waals surface area contributed by atoms with Crippen LogP contribution < -0.4 is 9.47 Å². The molecule has 344 valence electrons. The van der Waals surface area contributed by atoms with Crippen molar-refractivity contribution in [3.63, 3.8) is 0 Å². The first-order valence-corrected chi connectivity index (χ1v) is 26.5. The predicted molar refractivity (Wildman–Crippen MR) is 257 cm³/mol. The van der Waals surface area contributed by atoms with Crippen molar-refractivity contribution in [1.29, 1.82) is 0 Å². The molecule has 0 amide bonds. The van der Waals surface area contributed by atoms with E-state index in [2.05, 4.69) is 26.0 Å². The third kappa shape index (κ3) is 25.7. The minimum atomic E-state index is -4.57. The molecule has 63 heavy (non-hydrogen) atoms. The van der Waals surface area contributed by atoms with Crippen LogP contribution in [-0.2, 0) is 33.1 Å². The van der Waals surface area contributed by atoms with Crippen LogP contribution in [0.1, 0.15) is 179 Å². The fourth-order valence-corrected chi connectivity index (χ4v) is 8.81. The van der Waals surface area contributed by atoms with Crippen LogP contribution in [0.2, 0.25) is 0 Å². The Hall–Kier alpha value is -2.44. The summed E-state index contributed by atoms with van der Waals surface area (Å²) in [4.78, 5) is -0.664. The van der Waals surface area contributed by atoms with Crippen LogP contribution in [0.15, 0.2) is 107 Å². The van der Waals surface area contributed by atoms with Crippen molar-refractivity contribution in [3.8, 4) is 23.0 Å². The molecule has 0 heterocycles. The first-order chi connectivity index (χ1) is 30.0. The van der Waals surface area contributed by atoms with Crippen LogP contribution in [0, 0.1) is 0 Å². The van der Waals surface area contributed by atoms with Gasteiger partial charge in [-0.25, -0.2) is 16.8 Å². The number of para-hydroxylation sites is 2. The molecule has 0 aliphatic heterocycles. The number of hydrogen-bond acceptors (Lipinski definition) is 8. The molecule has 4 aromatic carbocycles. The van der Waals surface area contributed by atoms with Gasteiger partial charge in [0.05, 0.1) is 9.79 Å². The maximum atomic E-state index is 11.4. The average Bonchev–Trinajstić information content (AvgIpc) is 3.24. The normalized spacial score (nSPS) is 11.4. The summed E-state index contributed by atoms with van der Waals surface area (Å²) in [6.45, 7) is 4.52. The first kappa shape index (κ1) is 56.7. The summed E-state index contributed by atoms with van der Waals surface area (Å²) in [5, 5.41) is 0. The van der Waals surface area contributed by atoms with Gasteiger partial charge in [0.25, 0.3) is 0 Å². The van der Waals surface area contributed by atoms with Gasteiger partial charge in [-0.3, -0.25) is 0 Å². The number of ether oxygens (including phenoxy) is 2. The third-order valence-electron chi connectivity index (χ3n) is 11.1. The quantitative estimate of drug-likeness (QED) is 0.0269. The Balaban J connectivity index is 0.000000427. The third-order valence-corrected chi connectivity index (χ3v) is 12.9. The average molecular weight is 931 g/mol. The summed E-state index contributed by atoms with van der Waals surface area (Å²) in [5.41, 5.74) is 2.32. The van der Waals surface area contributed by atoms with Gasteiger partial charge in [-0.05, 0) is 85.3 Å². The van der Waals surface area contributed by atoms with Crippen LogP contribution in [0.4, 0.5) is 0 Å². The largest absolute Gasteiger partial charge is 2.00 e. The van der Waals surface area contributed by atoms with Crippen molar-refractivity contribution in [3.05, 3.63) is 108 Å². The number of unbranched alkanes of at least 4 members (excludes halogenated alkanes) is 22. The number of aryl methyl sites for hydroxylation is 2. The molecule has 4 rings (SSSR count). The fourth-order valence-electron chi connectivity index (χ4n) is 7.61. The molecule has 0 saturated carbocycles. The monoisotopic (exact) mass is 930 g/mol. The van der Waals surface area contributed by atoms with E-state index in [1.54, 1.807) is 24.3 Å². The predicted octanol–water partition coefficient (Wildman–Crippen LogP) is 14.9. The number of benzene rings is 4.